The number of carbonyl (C=O) groups excluding carboxylic acids is 2. The lowest BCUT2D eigenvalue weighted by Gasteiger charge is -2.11. The van der Waals surface area contributed by atoms with Gasteiger partial charge in [-0.3, -0.25) is 20.4 Å². The van der Waals surface area contributed by atoms with Crippen molar-refractivity contribution in [3.05, 3.63) is 77.9 Å². The normalized spacial score (nSPS) is 10.3. The maximum absolute atomic E-state index is 12.2. The Bertz CT molecular complexity index is 998. The molecule has 0 aliphatic heterocycles. The highest BCUT2D eigenvalue weighted by Crippen LogP contribution is 2.18. The number of nitrogens with zero attached hydrogens (tertiary/aromatic N) is 2. The number of ether oxygens (including phenoxy) is 2. The van der Waals surface area contributed by atoms with E-state index in [4.69, 9.17) is 9.47 Å². The number of hydrogen-bond acceptors (Lipinski definition) is 5. The standard InChI is InChI=1S/C22H24N4O4/c1-3-16-6-4-5-7-19(16)30-15-21(27)24-25-22(28)17-8-10-18(11-9-17)29-14-20-23-12-13-26(20)2/h4-13H,3,14-15H2,1-2H3,(H,24,27)(H,25,28). The average Bonchev–Trinajstić information content (AvgIpc) is 3.19. The van der Waals surface area contributed by atoms with Gasteiger partial charge in [0.05, 0.1) is 0 Å². The molecule has 0 aliphatic rings. The summed E-state index contributed by atoms with van der Waals surface area (Å²) in [4.78, 5) is 28.3. The van der Waals surface area contributed by atoms with Crippen LogP contribution >= 0.6 is 0 Å². The summed E-state index contributed by atoms with van der Waals surface area (Å²) in [5.41, 5.74) is 6.12. The Morgan fingerprint density at radius 2 is 1.80 bits per heavy atom. The van der Waals surface area contributed by atoms with E-state index in [1.807, 2.05) is 49.0 Å². The first-order valence-corrected chi connectivity index (χ1v) is 9.55. The van der Waals surface area contributed by atoms with E-state index in [-0.39, 0.29) is 6.61 Å². The fourth-order valence-electron chi connectivity index (χ4n) is 2.70. The van der Waals surface area contributed by atoms with E-state index in [9.17, 15) is 9.59 Å². The van der Waals surface area contributed by atoms with E-state index in [1.165, 1.54) is 0 Å². The number of hydrazine groups is 1. The van der Waals surface area contributed by atoms with Crippen molar-refractivity contribution < 1.29 is 19.1 Å². The number of aromatic nitrogens is 2. The molecule has 2 amide bonds. The quantitative estimate of drug-likeness (QED) is 0.558. The van der Waals surface area contributed by atoms with Gasteiger partial charge in [-0.2, -0.15) is 0 Å². The van der Waals surface area contributed by atoms with Gasteiger partial charge in [-0.05, 0) is 42.3 Å². The van der Waals surface area contributed by atoms with Crippen LogP contribution in [0.4, 0.5) is 0 Å². The number of nitrogens with one attached hydrogen (secondary N) is 2. The zero-order valence-electron chi connectivity index (χ0n) is 16.9. The Morgan fingerprint density at radius 1 is 1.03 bits per heavy atom. The summed E-state index contributed by atoms with van der Waals surface area (Å²) in [5, 5.41) is 0. The smallest absolute Gasteiger partial charge is 0.276 e. The number of hydrogen-bond donors (Lipinski definition) is 2. The summed E-state index contributed by atoms with van der Waals surface area (Å²) >= 11 is 0. The fraction of sp³-hybridized carbons (Fsp3) is 0.227. The Morgan fingerprint density at radius 3 is 2.50 bits per heavy atom. The number of para-hydroxylation sites is 1. The molecule has 1 aromatic heterocycles. The summed E-state index contributed by atoms with van der Waals surface area (Å²) < 4.78 is 13.0. The van der Waals surface area contributed by atoms with E-state index < -0.39 is 11.8 Å². The number of imidazole rings is 1. The summed E-state index contributed by atoms with van der Waals surface area (Å²) in [7, 11) is 1.89. The van der Waals surface area contributed by atoms with Crippen LogP contribution in [-0.2, 0) is 24.9 Å². The maximum atomic E-state index is 12.2. The lowest BCUT2D eigenvalue weighted by atomic mass is 10.1. The van der Waals surface area contributed by atoms with E-state index in [2.05, 4.69) is 15.8 Å². The van der Waals surface area contributed by atoms with Crippen LogP contribution in [0.25, 0.3) is 0 Å². The molecule has 0 aliphatic carbocycles. The number of carbonyl (C=O) groups is 2. The monoisotopic (exact) mass is 408 g/mol. The highest BCUT2D eigenvalue weighted by molar-refractivity contribution is 5.95. The van der Waals surface area contributed by atoms with Crippen molar-refractivity contribution in [1.29, 1.82) is 0 Å². The third-order valence-corrected chi connectivity index (χ3v) is 4.43. The van der Waals surface area contributed by atoms with Gasteiger partial charge < -0.3 is 14.0 Å². The maximum Gasteiger partial charge on any atom is 0.276 e. The van der Waals surface area contributed by atoms with Crippen molar-refractivity contribution >= 4 is 11.8 Å². The van der Waals surface area contributed by atoms with Crippen LogP contribution in [0, 0.1) is 0 Å². The summed E-state index contributed by atoms with van der Waals surface area (Å²) in [5.74, 6) is 1.17. The van der Waals surface area contributed by atoms with Gasteiger partial charge in [0.1, 0.15) is 23.9 Å². The molecule has 3 aromatic rings. The van der Waals surface area contributed by atoms with Crippen LogP contribution < -0.4 is 20.3 Å². The lowest BCUT2D eigenvalue weighted by Crippen LogP contribution is -2.43. The second-order valence-electron chi connectivity index (χ2n) is 6.52. The molecule has 2 N–H and O–H groups in total. The topological polar surface area (TPSA) is 94.5 Å². The molecule has 0 bridgehead atoms. The molecule has 30 heavy (non-hydrogen) atoms. The first kappa shape index (κ1) is 20.9. The van der Waals surface area contributed by atoms with Gasteiger partial charge in [0.15, 0.2) is 6.61 Å². The molecule has 156 valence electrons. The number of benzene rings is 2. The molecular weight excluding hydrogens is 384 g/mol. The van der Waals surface area contributed by atoms with Crippen molar-refractivity contribution in [1.82, 2.24) is 20.4 Å². The predicted molar refractivity (Wildman–Crippen MR) is 111 cm³/mol. The molecule has 0 fully saturated rings. The second kappa shape index (κ2) is 10.1. The molecule has 0 saturated heterocycles. The molecule has 2 aromatic carbocycles. The Balaban J connectivity index is 1.44. The second-order valence-corrected chi connectivity index (χ2v) is 6.52. The molecule has 0 unspecified atom stereocenters. The zero-order chi connectivity index (χ0) is 21.3. The number of aryl methyl sites for hydroxylation is 2. The highest BCUT2D eigenvalue weighted by atomic mass is 16.5. The predicted octanol–water partition coefficient (Wildman–Crippen LogP) is 2.40. The Hall–Kier alpha value is -3.81. The van der Waals surface area contributed by atoms with Gasteiger partial charge in [-0.1, -0.05) is 25.1 Å². The molecule has 0 atom stereocenters. The molecule has 0 radical (unpaired) electrons. The number of rotatable bonds is 8. The fourth-order valence-corrected chi connectivity index (χ4v) is 2.70. The van der Waals surface area contributed by atoms with Crippen molar-refractivity contribution in [2.24, 2.45) is 7.05 Å². The molecule has 8 heteroatoms. The average molecular weight is 408 g/mol. The minimum absolute atomic E-state index is 0.197. The van der Waals surface area contributed by atoms with Crippen LogP contribution in [-0.4, -0.2) is 28.0 Å². The molecule has 3 rings (SSSR count). The minimum Gasteiger partial charge on any atom is -0.486 e. The van der Waals surface area contributed by atoms with Crippen LogP contribution in [0.1, 0.15) is 28.7 Å². The highest BCUT2D eigenvalue weighted by Gasteiger charge is 2.10. The molecule has 0 saturated carbocycles. The van der Waals surface area contributed by atoms with Gasteiger partial charge in [0.25, 0.3) is 11.8 Å². The first-order chi connectivity index (χ1) is 14.6. The Labute approximate surface area is 174 Å². The van der Waals surface area contributed by atoms with E-state index >= 15 is 0 Å². The molecular formula is C22H24N4O4. The van der Waals surface area contributed by atoms with Gasteiger partial charge in [0.2, 0.25) is 0 Å². The van der Waals surface area contributed by atoms with E-state index in [1.54, 1.807) is 30.5 Å². The van der Waals surface area contributed by atoms with Crippen LogP contribution in [0.2, 0.25) is 0 Å². The third kappa shape index (κ3) is 5.60. The summed E-state index contributed by atoms with van der Waals surface area (Å²) in [6.07, 6.45) is 4.35. The van der Waals surface area contributed by atoms with Crippen LogP contribution in [0.15, 0.2) is 60.9 Å². The minimum atomic E-state index is -0.454. The molecule has 8 nitrogen and oxygen atoms in total. The summed E-state index contributed by atoms with van der Waals surface area (Å²) in [6.45, 7) is 2.14. The zero-order valence-corrected chi connectivity index (χ0v) is 16.9. The summed E-state index contributed by atoms with van der Waals surface area (Å²) in [6, 6.07) is 14.1. The van der Waals surface area contributed by atoms with Crippen molar-refractivity contribution in [3.63, 3.8) is 0 Å². The van der Waals surface area contributed by atoms with Crippen molar-refractivity contribution in [2.75, 3.05) is 6.61 Å². The third-order valence-electron chi connectivity index (χ3n) is 4.43. The van der Waals surface area contributed by atoms with Gasteiger partial charge in [0, 0.05) is 25.0 Å². The van der Waals surface area contributed by atoms with E-state index in [0.717, 1.165) is 17.8 Å². The van der Waals surface area contributed by atoms with Crippen molar-refractivity contribution in [2.45, 2.75) is 20.0 Å². The van der Waals surface area contributed by atoms with Gasteiger partial charge in [-0.15, -0.1) is 0 Å². The molecule has 1 heterocycles. The van der Waals surface area contributed by atoms with Gasteiger partial charge >= 0.3 is 0 Å². The van der Waals surface area contributed by atoms with Gasteiger partial charge in [-0.25, -0.2) is 4.98 Å². The largest absolute Gasteiger partial charge is 0.486 e. The van der Waals surface area contributed by atoms with E-state index in [0.29, 0.717) is 23.7 Å². The number of amides is 2. The van der Waals surface area contributed by atoms with Crippen molar-refractivity contribution in [3.8, 4) is 11.5 Å². The van der Waals surface area contributed by atoms with Crippen LogP contribution in [0.3, 0.4) is 0 Å². The SMILES string of the molecule is CCc1ccccc1OCC(=O)NNC(=O)c1ccc(OCc2nccn2C)cc1. The first-order valence-electron chi connectivity index (χ1n) is 9.55. The molecule has 0 spiro atoms. The lowest BCUT2D eigenvalue weighted by molar-refractivity contribution is -0.123. The van der Waals surface area contributed by atoms with Crippen LogP contribution in [0.5, 0.6) is 11.5 Å². The Kier molecular flexibility index (Phi) is 7.05.